The molecular formula is C19H19NO. The van der Waals surface area contributed by atoms with Crippen LogP contribution in [0, 0.1) is 0 Å². The van der Waals surface area contributed by atoms with Crippen molar-refractivity contribution >= 4 is 17.5 Å². The van der Waals surface area contributed by atoms with E-state index in [2.05, 4.69) is 54.5 Å². The van der Waals surface area contributed by atoms with E-state index in [1.807, 2.05) is 24.5 Å². The number of hydrogen-bond donors (Lipinski definition) is 0. The molecule has 0 fully saturated rings. The highest BCUT2D eigenvalue weighted by atomic mass is 16.5. The Morgan fingerprint density at radius 3 is 2.71 bits per heavy atom. The lowest BCUT2D eigenvalue weighted by molar-refractivity contribution is 0.275. The summed E-state index contributed by atoms with van der Waals surface area (Å²) in [5.41, 5.74) is 2.40. The summed E-state index contributed by atoms with van der Waals surface area (Å²) in [7, 11) is 0. The van der Waals surface area contributed by atoms with E-state index in [0.29, 0.717) is 0 Å². The second kappa shape index (κ2) is 5.88. The maximum absolute atomic E-state index is 5.76. The number of benzene rings is 1. The Hall–Kier alpha value is -2.48. The lowest BCUT2D eigenvalue weighted by atomic mass is 9.98. The molecule has 1 heterocycles. The Labute approximate surface area is 125 Å². The maximum Gasteiger partial charge on any atom is 0.142 e. The molecule has 0 bridgehead atoms. The van der Waals surface area contributed by atoms with E-state index in [1.54, 1.807) is 0 Å². The second-order valence-electron chi connectivity index (χ2n) is 5.13. The molecular weight excluding hydrogens is 258 g/mol. The smallest absolute Gasteiger partial charge is 0.142 e. The normalized spacial score (nSPS) is 18.1. The van der Waals surface area contributed by atoms with Crippen LogP contribution in [-0.2, 0) is 4.74 Å². The minimum Gasteiger partial charge on any atom is -0.489 e. The molecule has 1 aliphatic carbocycles. The zero-order valence-electron chi connectivity index (χ0n) is 12.0. The van der Waals surface area contributed by atoms with Gasteiger partial charge < -0.3 is 9.64 Å². The van der Waals surface area contributed by atoms with Gasteiger partial charge in [-0.1, -0.05) is 30.4 Å². The third-order valence-corrected chi connectivity index (χ3v) is 3.73. The van der Waals surface area contributed by atoms with Gasteiger partial charge in [0.1, 0.15) is 6.10 Å². The van der Waals surface area contributed by atoms with Crippen molar-refractivity contribution in [3.63, 3.8) is 0 Å². The molecule has 0 amide bonds. The number of anilines is 1. The monoisotopic (exact) mass is 277 g/mol. The molecule has 0 saturated heterocycles. The van der Waals surface area contributed by atoms with E-state index in [4.69, 9.17) is 4.74 Å². The first-order chi connectivity index (χ1) is 10.3. The lowest BCUT2D eigenvalue weighted by Crippen LogP contribution is -2.36. The summed E-state index contributed by atoms with van der Waals surface area (Å²) < 4.78 is 5.76. The summed E-state index contributed by atoms with van der Waals surface area (Å²) in [6.07, 6.45) is 14.0. The molecule has 21 heavy (non-hydrogen) atoms. The number of rotatable bonds is 5. The van der Waals surface area contributed by atoms with Crippen LogP contribution in [0.25, 0.3) is 11.8 Å². The summed E-state index contributed by atoms with van der Waals surface area (Å²) in [5, 5.41) is 2.37. The molecule has 0 saturated carbocycles. The summed E-state index contributed by atoms with van der Waals surface area (Å²) in [5.74, 6) is 0. The van der Waals surface area contributed by atoms with E-state index in [0.717, 1.165) is 18.3 Å². The largest absolute Gasteiger partial charge is 0.489 e. The second-order valence-corrected chi connectivity index (χ2v) is 5.13. The summed E-state index contributed by atoms with van der Waals surface area (Å²) in [6.45, 7) is 9.28. The molecule has 1 unspecified atom stereocenters. The summed E-state index contributed by atoms with van der Waals surface area (Å²) in [6, 6.07) is 6.46. The standard InChI is InChI=1S/C19H19NO/c1-3-11-20(12-4-2)16-10-9-15-14-21-19-8-6-5-7-17(19)18(15)13-16/h3-10,13-14,19H,1-2,11-12H2. The molecule has 0 aromatic heterocycles. The van der Waals surface area contributed by atoms with Crippen molar-refractivity contribution in [3.05, 3.63) is 78.3 Å². The van der Waals surface area contributed by atoms with Gasteiger partial charge in [0.05, 0.1) is 6.26 Å². The highest BCUT2D eigenvalue weighted by Gasteiger charge is 2.16. The lowest BCUT2D eigenvalue weighted by Gasteiger charge is -2.24. The number of allylic oxidation sites excluding steroid dienone is 2. The average molecular weight is 277 g/mol. The minimum absolute atomic E-state index is 0.0324. The molecule has 2 aliphatic rings. The first-order valence-corrected chi connectivity index (χ1v) is 7.15. The van der Waals surface area contributed by atoms with Gasteiger partial charge in [-0.05, 0) is 29.5 Å². The number of fused-ring (bicyclic) bond motifs is 2. The number of nitrogens with zero attached hydrogens (tertiary/aromatic N) is 1. The number of ether oxygens (including phenoxy) is 1. The van der Waals surface area contributed by atoms with Crippen molar-refractivity contribution in [1.29, 1.82) is 0 Å². The third kappa shape index (κ3) is 2.57. The Morgan fingerprint density at radius 2 is 1.95 bits per heavy atom. The van der Waals surface area contributed by atoms with Crippen LogP contribution in [0.1, 0.15) is 0 Å². The molecule has 3 rings (SSSR count). The maximum atomic E-state index is 5.76. The van der Waals surface area contributed by atoms with Gasteiger partial charge in [0.15, 0.2) is 0 Å². The quantitative estimate of drug-likeness (QED) is 0.766. The van der Waals surface area contributed by atoms with E-state index >= 15 is 0 Å². The third-order valence-electron chi connectivity index (χ3n) is 3.73. The van der Waals surface area contributed by atoms with Gasteiger partial charge in [0.25, 0.3) is 0 Å². The molecule has 1 aromatic rings. The zero-order valence-corrected chi connectivity index (χ0v) is 12.0. The number of hydrogen-bond acceptors (Lipinski definition) is 2. The first kappa shape index (κ1) is 13.5. The Balaban J connectivity index is 2.12. The SMILES string of the molecule is C=CCN(CC=C)c1ccc2c(c1)=C1C=CC=CC1OC=2. The fraction of sp³-hybridized carbons (Fsp3) is 0.158. The van der Waals surface area contributed by atoms with Gasteiger partial charge in [-0.2, -0.15) is 0 Å². The topological polar surface area (TPSA) is 12.5 Å². The van der Waals surface area contributed by atoms with Gasteiger partial charge in [0, 0.05) is 29.6 Å². The van der Waals surface area contributed by atoms with Crippen molar-refractivity contribution < 1.29 is 4.74 Å². The molecule has 0 spiro atoms. The van der Waals surface area contributed by atoms with Gasteiger partial charge in [-0.3, -0.25) is 0 Å². The van der Waals surface area contributed by atoms with Crippen LogP contribution in [0.5, 0.6) is 0 Å². The van der Waals surface area contributed by atoms with Gasteiger partial charge in [-0.25, -0.2) is 0 Å². The highest BCUT2D eigenvalue weighted by molar-refractivity contribution is 5.69. The summed E-state index contributed by atoms with van der Waals surface area (Å²) >= 11 is 0. The van der Waals surface area contributed by atoms with Crippen LogP contribution < -0.4 is 15.3 Å². The van der Waals surface area contributed by atoms with Crippen molar-refractivity contribution in [2.75, 3.05) is 18.0 Å². The van der Waals surface area contributed by atoms with Crippen LogP contribution in [0.15, 0.2) is 67.8 Å². The molecule has 0 radical (unpaired) electrons. The van der Waals surface area contributed by atoms with Crippen molar-refractivity contribution in [3.8, 4) is 0 Å². The zero-order chi connectivity index (χ0) is 14.7. The predicted octanol–water partition coefficient (Wildman–Crippen LogP) is 2.28. The van der Waals surface area contributed by atoms with Crippen molar-refractivity contribution in [2.45, 2.75) is 6.10 Å². The Morgan fingerprint density at radius 1 is 1.14 bits per heavy atom. The van der Waals surface area contributed by atoms with Crippen LogP contribution in [0.4, 0.5) is 5.69 Å². The molecule has 0 N–H and O–H groups in total. The van der Waals surface area contributed by atoms with E-state index in [9.17, 15) is 0 Å². The van der Waals surface area contributed by atoms with Crippen LogP contribution in [-0.4, -0.2) is 19.2 Å². The van der Waals surface area contributed by atoms with Crippen molar-refractivity contribution in [1.82, 2.24) is 0 Å². The van der Waals surface area contributed by atoms with Crippen LogP contribution in [0.2, 0.25) is 0 Å². The van der Waals surface area contributed by atoms with E-state index in [1.165, 1.54) is 16.5 Å². The first-order valence-electron chi connectivity index (χ1n) is 7.15. The Bertz CT molecular complexity index is 729. The predicted molar refractivity (Wildman–Crippen MR) is 89.3 cm³/mol. The fourth-order valence-electron chi connectivity index (χ4n) is 2.72. The van der Waals surface area contributed by atoms with E-state index < -0.39 is 0 Å². The highest BCUT2D eigenvalue weighted by Crippen LogP contribution is 2.18. The molecule has 2 nitrogen and oxygen atoms in total. The molecule has 2 heteroatoms. The Kier molecular flexibility index (Phi) is 3.78. The molecule has 1 atom stereocenters. The van der Waals surface area contributed by atoms with Crippen LogP contribution in [0.3, 0.4) is 0 Å². The van der Waals surface area contributed by atoms with Gasteiger partial charge in [0.2, 0.25) is 0 Å². The minimum atomic E-state index is 0.0324. The van der Waals surface area contributed by atoms with Gasteiger partial charge >= 0.3 is 0 Å². The fourth-order valence-corrected chi connectivity index (χ4v) is 2.72. The molecule has 1 aromatic carbocycles. The summed E-state index contributed by atoms with van der Waals surface area (Å²) in [4.78, 5) is 2.24. The van der Waals surface area contributed by atoms with Crippen molar-refractivity contribution in [2.24, 2.45) is 0 Å². The van der Waals surface area contributed by atoms with E-state index in [-0.39, 0.29) is 6.10 Å². The average Bonchev–Trinajstić information content (AvgIpc) is 2.54. The molecule has 1 aliphatic heterocycles. The molecule has 106 valence electrons. The van der Waals surface area contributed by atoms with Crippen LogP contribution >= 0.6 is 0 Å². The van der Waals surface area contributed by atoms with Gasteiger partial charge in [-0.15, -0.1) is 13.2 Å².